The summed E-state index contributed by atoms with van der Waals surface area (Å²) in [7, 11) is 0. The lowest BCUT2D eigenvalue weighted by atomic mass is 10.2. The first-order chi connectivity index (χ1) is 10.2. The minimum absolute atomic E-state index is 0.0943. The van der Waals surface area contributed by atoms with Crippen molar-refractivity contribution in [2.75, 3.05) is 6.61 Å². The summed E-state index contributed by atoms with van der Waals surface area (Å²) in [6.07, 6.45) is -0.919. The molecule has 5 heteroatoms. The molecule has 0 fully saturated rings. The van der Waals surface area contributed by atoms with Crippen LogP contribution in [0.3, 0.4) is 0 Å². The molecule has 0 aliphatic carbocycles. The van der Waals surface area contributed by atoms with Gasteiger partial charge in [-0.2, -0.15) is 0 Å². The quantitative estimate of drug-likeness (QED) is 0.636. The molecule has 0 bridgehead atoms. The second-order valence-corrected chi connectivity index (χ2v) is 3.98. The number of para-hydroxylation sites is 2. The molecule has 2 rings (SSSR count). The summed E-state index contributed by atoms with van der Waals surface area (Å²) in [5.74, 6) is -0.103. The first kappa shape index (κ1) is 14.6. The lowest BCUT2D eigenvalue weighted by Gasteiger charge is -2.09. The third-order valence-corrected chi connectivity index (χ3v) is 2.52. The average Bonchev–Trinajstić information content (AvgIpc) is 2.49. The molecule has 0 radical (unpaired) electrons. The maximum atomic E-state index is 11.8. The van der Waals surface area contributed by atoms with Crippen molar-refractivity contribution < 1.29 is 23.8 Å². The molecule has 0 atom stereocenters. The van der Waals surface area contributed by atoms with Gasteiger partial charge in [0.05, 0.1) is 6.61 Å². The van der Waals surface area contributed by atoms with Gasteiger partial charge >= 0.3 is 12.1 Å². The normalized spacial score (nSPS) is 9.76. The van der Waals surface area contributed by atoms with Gasteiger partial charge in [0.2, 0.25) is 0 Å². The van der Waals surface area contributed by atoms with Gasteiger partial charge in [0.25, 0.3) is 0 Å². The molecule has 0 aromatic heterocycles. The third kappa shape index (κ3) is 4.07. The molecule has 108 valence electrons. The molecule has 0 saturated carbocycles. The van der Waals surface area contributed by atoms with Crippen molar-refractivity contribution in [1.29, 1.82) is 0 Å². The molecule has 0 heterocycles. The van der Waals surface area contributed by atoms with E-state index in [0.717, 1.165) is 0 Å². The number of rotatable bonds is 4. The molecule has 5 nitrogen and oxygen atoms in total. The maximum Gasteiger partial charge on any atom is 0.519 e. The predicted octanol–water partition coefficient (Wildman–Crippen LogP) is 3.44. The Balaban J connectivity index is 2.09. The van der Waals surface area contributed by atoms with E-state index in [-0.39, 0.29) is 17.9 Å². The van der Waals surface area contributed by atoms with Crippen molar-refractivity contribution in [2.45, 2.75) is 6.92 Å². The van der Waals surface area contributed by atoms with E-state index >= 15 is 0 Å². The highest BCUT2D eigenvalue weighted by molar-refractivity contribution is 5.93. The average molecular weight is 286 g/mol. The van der Waals surface area contributed by atoms with Gasteiger partial charge in [-0.15, -0.1) is 0 Å². The van der Waals surface area contributed by atoms with E-state index < -0.39 is 12.1 Å². The van der Waals surface area contributed by atoms with Crippen molar-refractivity contribution >= 4 is 12.1 Å². The van der Waals surface area contributed by atoms with E-state index in [9.17, 15) is 9.59 Å². The molecular weight excluding hydrogens is 272 g/mol. The van der Waals surface area contributed by atoms with Crippen molar-refractivity contribution in [3.63, 3.8) is 0 Å². The van der Waals surface area contributed by atoms with Gasteiger partial charge in [0, 0.05) is 0 Å². The smallest absolute Gasteiger partial charge is 0.462 e. The van der Waals surface area contributed by atoms with Crippen LogP contribution in [0.25, 0.3) is 0 Å². The monoisotopic (exact) mass is 286 g/mol. The van der Waals surface area contributed by atoms with Crippen molar-refractivity contribution in [2.24, 2.45) is 0 Å². The van der Waals surface area contributed by atoms with Gasteiger partial charge in [0.15, 0.2) is 0 Å². The summed E-state index contributed by atoms with van der Waals surface area (Å²) in [5.41, 5.74) is 0.171. The van der Waals surface area contributed by atoms with Crippen LogP contribution in [0.4, 0.5) is 4.79 Å². The van der Waals surface area contributed by atoms with Gasteiger partial charge < -0.3 is 14.2 Å². The van der Waals surface area contributed by atoms with Crippen LogP contribution in [0.15, 0.2) is 54.6 Å². The molecule has 2 aromatic rings. The van der Waals surface area contributed by atoms with Crippen LogP contribution in [0.5, 0.6) is 11.5 Å². The largest absolute Gasteiger partial charge is 0.519 e. The molecule has 21 heavy (non-hydrogen) atoms. The molecule has 0 aliphatic heterocycles. The molecule has 0 amide bonds. The van der Waals surface area contributed by atoms with E-state index in [4.69, 9.17) is 14.2 Å². The van der Waals surface area contributed by atoms with Gasteiger partial charge in [0.1, 0.15) is 17.1 Å². The fourth-order valence-corrected chi connectivity index (χ4v) is 1.63. The number of benzene rings is 2. The Kier molecular flexibility index (Phi) is 4.93. The number of esters is 1. The predicted molar refractivity (Wildman–Crippen MR) is 75.5 cm³/mol. The fourth-order valence-electron chi connectivity index (χ4n) is 1.63. The second-order valence-electron chi connectivity index (χ2n) is 3.98. The van der Waals surface area contributed by atoms with Crippen LogP contribution in [-0.4, -0.2) is 18.7 Å². The first-order valence-corrected chi connectivity index (χ1v) is 6.41. The zero-order valence-electron chi connectivity index (χ0n) is 11.4. The Morgan fingerprint density at radius 3 is 2.29 bits per heavy atom. The first-order valence-electron chi connectivity index (χ1n) is 6.41. The number of hydrogen-bond acceptors (Lipinski definition) is 5. The van der Waals surface area contributed by atoms with Crippen LogP contribution in [0.2, 0.25) is 0 Å². The van der Waals surface area contributed by atoms with Crippen molar-refractivity contribution in [3.05, 3.63) is 60.2 Å². The highest BCUT2D eigenvalue weighted by Crippen LogP contribution is 2.20. The SMILES string of the molecule is CCOC(=O)c1ccccc1OC(=O)Oc1ccccc1. The van der Waals surface area contributed by atoms with Crippen LogP contribution in [0.1, 0.15) is 17.3 Å². The number of carbonyl (C=O) groups is 2. The minimum atomic E-state index is -0.919. The summed E-state index contributed by atoms with van der Waals surface area (Å²) in [6.45, 7) is 1.94. The lowest BCUT2D eigenvalue weighted by Crippen LogP contribution is -2.16. The summed E-state index contributed by atoms with van der Waals surface area (Å²) in [5, 5.41) is 0. The van der Waals surface area contributed by atoms with E-state index in [1.165, 1.54) is 12.1 Å². The van der Waals surface area contributed by atoms with E-state index in [0.29, 0.717) is 5.75 Å². The summed E-state index contributed by atoms with van der Waals surface area (Å²) < 4.78 is 15.0. The van der Waals surface area contributed by atoms with Crippen molar-refractivity contribution in [1.82, 2.24) is 0 Å². The third-order valence-electron chi connectivity index (χ3n) is 2.52. The zero-order chi connectivity index (χ0) is 15.1. The van der Waals surface area contributed by atoms with E-state index in [2.05, 4.69) is 0 Å². The van der Waals surface area contributed by atoms with E-state index in [1.807, 2.05) is 0 Å². The highest BCUT2D eigenvalue weighted by Gasteiger charge is 2.16. The van der Waals surface area contributed by atoms with Crippen LogP contribution in [0, 0.1) is 0 Å². The minimum Gasteiger partial charge on any atom is -0.462 e. The Morgan fingerprint density at radius 2 is 1.57 bits per heavy atom. The molecule has 0 unspecified atom stereocenters. The van der Waals surface area contributed by atoms with Gasteiger partial charge in [-0.3, -0.25) is 0 Å². The van der Waals surface area contributed by atoms with Gasteiger partial charge in [-0.05, 0) is 31.2 Å². The highest BCUT2D eigenvalue weighted by atomic mass is 16.7. The Hall–Kier alpha value is -2.82. The van der Waals surface area contributed by atoms with Crippen LogP contribution in [-0.2, 0) is 4.74 Å². The number of hydrogen-bond donors (Lipinski definition) is 0. The molecular formula is C16H14O5. The molecule has 2 aromatic carbocycles. The summed E-state index contributed by atoms with van der Waals surface area (Å²) in [6, 6.07) is 14.8. The Bertz CT molecular complexity index is 622. The van der Waals surface area contributed by atoms with Crippen molar-refractivity contribution in [3.8, 4) is 11.5 Å². The fraction of sp³-hybridized carbons (Fsp3) is 0.125. The molecule has 0 aliphatic rings. The van der Waals surface area contributed by atoms with Gasteiger partial charge in [-0.1, -0.05) is 30.3 Å². The molecule has 0 saturated heterocycles. The standard InChI is InChI=1S/C16H14O5/c1-2-19-15(17)13-10-6-7-11-14(13)21-16(18)20-12-8-4-3-5-9-12/h3-11H,2H2,1H3. The molecule has 0 spiro atoms. The number of ether oxygens (including phenoxy) is 3. The van der Waals surface area contributed by atoms with Gasteiger partial charge in [-0.25, -0.2) is 9.59 Å². The number of carbonyl (C=O) groups excluding carboxylic acids is 2. The zero-order valence-corrected chi connectivity index (χ0v) is 11.4. The van der Waals surface area contributed by atoms with Crippen LogP contribution < -0.4 is 9.47 Å². The topological polar surface area (TPSA) is 61.8 Å². The Morgan fingerprint density at radius 1 is 0.905 bits per heavy atom. The maximum absolute atomic E-state index is 11.8. The molecule has 0 N–H and O–H groups in total. The summed E-state index contributed by atoms with van der Waals surface area (Å²) in [4.78, 5) is 23.5. The Labute approximate surface area is 122 Å². The summed E-state index contributed by atoms with van der Waals surface area (Å²) >= 11 is 0. The van der Waals surface area contributed by atoms with E-state index in [1.54, 1.807) is 49.4 Å². The second kappa shape index (κ2) is 7.09. The van der Waals surface area contributed by atoms with Crippen LogP contribution >= 0.6 is 0 Å². The lowest BCUT2D eigenvalue weighted by molar-refractivity contribution is 0.0523.